The number of rotatable bonds is 5. The van der Waals surface area contributed by atoms with Crippen molar-refractivity contribution >= 4 is 0 Å². The number of methoxy groups -OCH3 is 1. The second-order valence-electron chi connectivity index (χ2n) is 4.09. The number of aliphatic hydroxyl groups is 1. The van der Waals surface area contributed by atoms with Gasteiger partial charge >= 0.3 is 0 Å². The fraction of sp³-hybridized carbons (Fsp3) is 0.462. The summed E-state index contributed by atoms with van der Waals surface area (Å²) in [6.45, 7) is 2.77. The van der Waals surface area contributed by atoms with E-state index in [0.717, 1.165) is 5.56 Å². The van der Waals surface area contributed by atoms with E-state index >= 15 is 0 Å². The van der Waals surface area contributed by atoms with Gasteiger partial charge in [-0.05, 0) is 31.7 Å². The van der Waals surface area contributed by atoms with Crippen LogP contribution in [0.5, 0.6) is 5.75 Å². The molecule has 1 aromatic rings. The Morgan fingerprint density at radius 2 is 2.24 bits per heavy atom. The summed E-state index contributed by atoms with van der Waals surface area (Å²) >= 11 is 0. The van der Waals surface area contributed by atoms with E-state index in [-0.39, 0.29) is 12.6 Å². The van der Waals surface area contributed by atoms with Crippen LogP contribution < -0.4 is 4.74 Å². The highest BCUT2D eigenvalue weighted by atomic mass is 16.5. The Balaban J connectivity index is 2.83. The summed E-state index contributed by atoms with van der Waals surface area (Å²) in [5.74, 6) is 0.592. The molecule has 4 heteroatoms. The lowest BCUT2D eigenvalue weighted by atomic mass is 10.1. The van der Waals surface area contributed by atoms with Crippen LogP contribution in [0.15, 0.2) is 18.2 Å². The number of benzene rings is 1. The molecule has 17 heavy (non-hydrogen) atoms. The van der Waals surface area contributed by atoms with E-state index in [4.69, 9.17) is 15.1 Å². The quantitative estimate of drug-likeness (QED) is 0.836. The molecule has 0 bridgehead atoms. The van der Waals surface area contributed by atoms with Crippen LogP contribution >= 0.6 is 0 Å². The van der Waals surface area contributed by atoms with Crippen LogP contribution in [0.4, 0.5) is 0 Å². The van der Waals surface area contributed by atoms with Crippen LogP contribution in [-0.2, 0) is 6.54 Å². The Morgan fingerprint density at radius 3 is 2.76 bits per heavy atom. The first-order valence-corrected chi connectivity index (χ1v) is 5.50. The largest absolute Gasteiger partial charge is 0.495 e. The van der Waals surface area contributed by atoms with Crippen molar-refractivity contribution < 1.29 is 9.84 Å². The van der Waals surface area contributed by atoms with Gasteiger partial charge in [0.1, 0.15) is 11.8 Å². The molecule has 0 aliphatic rings. The first-order valence-electron chi connectivity index (χ1n) is 5.50. The standard InChI is InChI=1S/C13H18N2O2/c1-10(9-16)15(2)8-11-4-5-13(17-3)12(6-11)7-14/h4-6,10,16H,8-9H2,1-3H3. The molecule has 0 fully saturated rings. The van der Waals surface area contributed by atoms with Crippen LogP contribution in [0.25, 0.3) is 0 Å². The van der Waals surface area contributed by atoms with Crippen LogP contribution in [-0.4, -0.2) is 36.8 Å². The Labute approximate surface area is 102 Å². The molecule has 0 amide bonds. The summed E-state index contributed by atoms with van der Waals surface area (Å²) in [4.78, 5) is 2.03. The highest BCUT2D eigenvalue weighted by Gasteiger charge is 2.10. The van der Waals surface area contributed by atoms with E-state index in [1.54, 1.807) is 13.2 Å². The average molecular weight is 234 g/mol. The lowest BCUT2D eigenvalue weighted by Gasteiger charge is -2.22. The van der Waals surface area contributed by atoms with Crippen LogP contribution in [0.1, 0.15) is 18.1 Å². The third kappa shape index (κ3) is 3.45. The van der Waals surface area contributed by atoms with Crippen molar-refractivity contribution in [2.24, 2.45) is 0 Å². The van der Waals surface area contributed by atoms with Gasteiger partial charge in [-0.3, -0.25) is 4.90 Å². The second-order valence-corrected chi connectivity index (χ2v) is 4.09. The molecule has 1 unspecified atom stereocenters. The summed E-state index contributed by atoms with van der Waals surface area (Å²) < 4.78 is 5.09. The summed E-state index contributed by atoms with van der Waals surface area (Å²) in [6.07, 6.45) is 0. The monoisotopic (exact) mass is 234 g/mol. The molecule has 0 heterocycles. The van der Waals surface area contributed by atoms with E-state index in [9.17, 15) is 0 Å². The third-order valence-corrected chi connectivity index (χ3v) is 2.83. The second kappa shape index (κ2) is 6.24. The van der Waals surface area contributed by atoms with Gasteiger partial charge in [-0.1, -0.05) is 6.07 Å². The van der Waals surface area contributed by atoms with E-state index in [0.29, 0.717) is 17.9 Å². The minimum absolute atomic E-state index is 0.0997. The van der Waals surface area contributed by atoms with Gasteiger partial charge in [0, 0.05) is 12.6 Å². The normalized spacial score (nSPS) is 12.2. The Kier molecular flexibility index (Phi) is 4.95. The van der Waals surface area contributed by atoms with Crippen LogP contribution in [0, 0.1) is 11.3 Å². The molecule has 0 aromatic heterocycles. The van der Waals surface area contributed by atoms with Crippen molar-refractivity contribution in [2.75, 3.05) is 20.8 Å². The van der Waals surface area contributed by atoms with Crippen LogP contribution in [0.3, 0.4) is 0 Å². The van der Waals surface area contributed by atoms with Crippen LogP contribution in [0.2, 0.25) is 0 Å². The van der Waals surface area contributed by atoms with Gasteiger partial charge in [-0.15, -0.1) is 0 Å². The first kappa shape index (κ1) is 13.5. The lowest BCUT2D eigenvalue weighted by molar-refractivity contribution is 0.154. The van der Waals surface area contributed by atoms with Gasteiger partial charge in [0.05, 0.1) is 19.3 Å². The number of nitrogens with zero attached hydrogens (tertiary/aromatic N) is 2. The number of aliphatic hydroxyl groups excluding tert-OH is 1. The Hall–Kier alpha value is -1.57. The predicted octanol–water partition coefficient (Wildman–Crippen LogP) is 1.38. The Bertz CT molecular complexity index is 412. The molecule has 1 atom stereocenters. The van der Waals surface area contributed by atoms with E-state index in [2.05, 4.69) is 6.07 Å². The van der Waals surface area contributed by atoms with Crippen molar-refractivity contribution in [2.45, 2.75) is 19.5 Å². The number of hydrogen-bond acceptors (Lipinski definition) is 4. The summed E-state index contributed by atoms with van der Waals surface area (Å²) in [5.41, 5.74) is 1.57. The Morgan fingerprint density at radius 1 is 1.53 bits per heavy atom. The number of hydrogen-bond donors (Lipinski definition) is 1. The zero-order valence-corrected chi connectivity index (χ0v) is 10.5. The number of ether oxygens (including phenoxy) is 1. The van der Waals surface area contributed by atoms with E-state index in [1.807, 2.05) is 31.0 Å². The summed E-state index contributed by atoms with van der Waals surface area (Å²) in [6, 6.07) is 7.76. The molecule has 0 radical (unpaired) electrons. The highest BCUT2D eigenvalue weighted by molar-refractivity contribution is 5.45. The van der Waals surface area contributed by atoms with Gasteiger partial charge in [0.25, 0.3) is 0 Å². The van der Waals surface area contributed by atoms with Gasteiger partial charge in [-0.2, -0.15) is 5.26 Å². The minimum atomic E-state index is 0.0997. The van der Waals surface area contributed by atoms with Gasteiger partial charge in [0.2, 0.25) is 0 Å². The molecule has 1 aromatic carbocycles. The molecule has 0 spiro atoms. The number of nitriles is 1. The highest BCUT2D eigenvalue weighted by Crippen LogP contribution is 2.19. The number of likely N-dealkylation sites (N-methyl/N-ethyl adjacent to an activating group) is 1. The fourth-order valence-electron chi connectivity index (χ4n) is 1.52. The molecule has 0 saturated heterocycles. The smallest absolute Gasteiger partial charge is 0.136 e. The minimum Gasteiger partial charge on any atom is -0.495 e. The molecular formula is C13H18N2O2. The molecule has 1 rings (SSSR count). The molecular weight excluding hydrogens is 216 g/mol. The maximum atomic E-state index is 9.05. The topological polar surface area (TPSA) is 56.5 Å². The van der Waals surface area contributed by atoms with Gasteiger partial charge in [0.15, 0.2) is 0 Å². The van der Waals surface area contributed by atoms with E-state index in [1.165, 1.54) is 0 Å². The van der Waals surface area contributed by atoms with E-state index < -0.39 is 0 Å². The lowest BCUT2D eigenvalue weighted by Crippen LogP contribution is -2.31. The third-order valence-electron chi connectivity index (χ3n) is 2.83. The molecule has 0 aliphatic heterocycles. The molecule has 0 aliphatic carbocycles. The van der Waals surface area contributed by atoms with Crippen molar-refractivity contribution in [3.63, 3.8) is 0 Å². The zero-order chi connectivity index (χ0) is 12.8. The average Bonchev–Trinajstić information content (AvgIpc) is 2.37. The van der Waals surface area contributed by atoms with Crippen molar-refractivity contribution in [1.82, 2.24) is 4.90 Å². The van der Waals surface area contributed by atoms with Gasteiger partial charge in [-0.25, -0.2) is 0 Å². The van der Waals surface area contributed by atoms with Gasteiger partial charge < -0.3 is 9.84 Å². The predicted molar refractivity (Wildman–Crippen MR) is 65.7 cm³/mol. The molecule has 1 N–H and O–H groups in total. The molecule has 4 nitrogen and oxygen atoms in total. The van der Waals surface area contributed by atoms with Crippen molar-refractivity contribution in [1.29, 1.82) is 5.26 Å². The van der Waals surface area contributed by atoms with Crippen molar-refractivity contribution in [3.05, 3.63) is 29.3 Å². The molecule has 92 valence electrons. The van der Waals surface area contributed by atoms with Crippen molar-refractivity contribution in [3.8, 4) is 11.8 Å². The SMILES string of the molecule is COc1ccc(CN(C)C(C)CO)cc1C#N. The fourth-order valence-corrected chi connectivity index (χ4v) is 1.52. The zero-order valence-electron chi connectivity index (χ0n) is 10.5. The molecule has 0 saturated carbocycles. The maximum absolute atomic E-state index is 9.05. The first-order chi connectivity index (χ1) is 8.12. The summed E-state index contributed by atoms with van der Waals surface area (Å²) in [5, 5.41) is 18.0. The maximum Gasteiger partial charge on any atom is 0.136 e. The summed E-state index contributed by atoms with van der Waals surface area (Å²) in [7, 11) is 3.49.